The molecule has 0 aliphatic rings. The van der Waals surface area contributed by atoms with E-state index in [9.17, 15) is 18.0 Å². The first-order chi connectivity index (χ1) is 6.86. The molecule has 0 aromatic heterocycles. The van der Waals surface area contributed by atoms with Crippen LogP contribution in [0.3, 0.4) is 0 Å². The van der Waals surface area contributed by atoms with E-state index in [1.54, 1.807) is 0 Å². The number of aromatic carboxylic acids is 1. The first-order valence-corrected chi connectivity index (χ1v) is 3.90. The van der Waals surface area contributed by atoms with Gasteiger partial charge in [0.15, 0.2) is 0 Å². The van der Waals surface area contributed by atoms with Gasteiger partial charge in [0, 0.05) is 0 Å². The van der Waals surface area contributed by atoms with Gasteiger partial charge in [-0.3, -0.25) is 0 Å². The molecule has 15 heavy (non-hydrogen) atoms. The van der Waals surface area contributed by atoms with Gasteiger partial charge in [0.05, 0.1) is 17.7 Å². The molecule has 0 atom stereocenters. The van der Waals surface area contributed by atoms with Crippen LogP contribution < -0.4 is 0 Å². The van der Waals surface area contributed by atoms with E-state index in [0.29, 0.717) is 12.1 Å². The number of alkyl halides is 3. The standard InChI is InChI=1S/C9H7F3O3/c10-9(11,12)6-1-2-7(8(14)15)5(3-6)4-13/h1-3,13H,4H2,(H,14,15). The van der Waals surface area contributed by atoms with E-state index in [1.807, 2.05) is 0 Å². The van der Waals surface area contributed by atoms with Crippen LogP contribution in [0.1, 0.15) is 21.5 Å². The Bertz CT molecular complexity index is 385. The van der Waals surface area contributed by atoms with Crippen LogP contribution in [-0.4, -0.2) is 16.2 Å². The van der Waals surface area contributed by atoms with Crippen LogP contribution in [0.2, 0.25) is 0 Å². The summed E-state index contributed by atoms with van der Waals surface area (Å²) in [7, 11) is 0. The summed E-state index contributed by atoms with van der Waals surface area (Å²) in [6.07, 6.45) is -4.54. The molecular weight excluding hydrogens is 213 g/mol. The SMILES string of the molecule is O=C(O)c1ccc(C(F)(F)F)cc1CO. The summed E-state index contributed by atoms with van der Waals surface area (Å²) in [5.74, 6) is -1.37. The number of benzene rings is 1. The van der Waals surface area contributed by atoms with Gasteiger partial charge in [-0.25, -0.2) is 4.79 Å². The lowest BCUT2D eigenvalue weighted by molar-refractivity contribution is -0.137. The van der Waals surface area contributed by atoms with Crippen molar-refractivity contribution in [1.29, 1.82) is 0 Å². The summed E-state index contributed by atoms with van der Waals surface area (Å²) in [6, 6.07) is 2.13. The van der Waals surface area contributed by atoms with Gasteiger partial charge < -0.3 is 10.2 Å². The second-order valence-electron chi connectivity index (χ2n) is 2.83. The molecule has 0 fully saturated rings. The number of aliphatic hydroxyl groups is 1. The van der Waals surface area contributed by atoms with E-state index in [1.165, 1.54) is 0 Å². The molecule has 3 nitrogen and oxygen atoms in total. The number of hydrogen-bond acceptors (Lipinski definition) is 2. The van der Waals surface area contributed by atoms with Crippen molar-refractivity contribution in [1.82, 2.24) is 0 Å². The molecule has 0 heterocycles. The summed E-state index contributed by atoms with van der Waals surface area (Å²) in [5, 5.41) is 17.3. The Morgan fingerprint density at radius 3 is 2.33 bits per heavy atom. The molecule has 2 N–H and O–H groups in total. The van der Waals surface area contributed by atoms with Gasteiger partial charge in [-0.05, 0) is 23.8 Å². The van der Waals surface area contributed by atoms with E-state index in [0.717, 1.165) is 6.07 Å². The molecule has 0 spiro atoms. The minimum atomic E-state index is -4.54. The summed E-state index contributed by atoms with van der Waals surface area (Å²) < 4.78 is 36.6. The van der Waals surface area contributed by atoms with E-state index < -0.39 is 24.3 Å². The van der Waals surface area contributed by atoms with Crippen molar-refractivity contribution in [3.63, 3.8) is 0 Å². The molecule has 0 amide bonds. The molecule has 1 rings (SSSR count). The second kappa shape index (κ2) is 3.90. The highest BCUT2D eigenvalue weighted by atomic mass is 19.4. The fourth-order valence-corrected chi connectivity index (χ4v) is 1.11. The zero-order valence-electron chi connectivity index (χ0n) is 7.38. The molecular formula is C9H7F3O3. The third-order valence-electron chi connectivity index (χ3n) is 1.83. The van der Waals surface area contributed by atoms with Gasteiger partial charge in [0.2, 0.25) is 0 Å². The van der Waals surface area contributed by atoms with Crippen LogP contribution in [0, 0.1) is 0 Å². The predicted octanol–water partition coefficient (Wildman–Crippen LogP) is 1.90. The predicted molar refractivity (Wildman–Crippen MR) is 44.3 cm³/mol. The van der Waals surface area contributed by atoms with Crippen molar-refractivity contribution in [2.45, 2.75) is 12.8 Å². The third kappa shape index (κ3) is 2.47. The maximum atomic E-state index is 12.2. The summed E-state index contributed by atoms with van der Waals surface area (Å²) in [5.41, 5.74) is -1.56. The van der Waals surface area contributed by atoms with Gasteiger partial charge >= 0.3 is 12.1 Å². The van der Waals surface area contributed by atoms with Gasteiger partial charge in [-0.15, -0.1) is 0 Å². The smallest absolute Gasteiger partial charge is 0.416 e. The molecule has 82 valence electrons. The number of aliphatic hydroxyl groups excluding tert-OH is 1. The molecule has 0 aliphatic carbocycles. The third-order valence-corrected chi connectivity index (χ3v) is 1.83. The Labute approximate surface area is 82.8 Å². The first kappa shape index (κ1) is 11.5. The molecule has 0 aliphatic heterocycles. The van der Waals surface area contributed by atoms with Gasteiger partial charge in [0.1, 0.15) is 0 Å². The van der Waals surface area contributed by atoms with E-state index in [2.05, 4.69) is 0 Å². The highest BCUT2D eigenvalue weighted by Crippen LogP contribution is 2.30. The Morgan fingerprint density at radius 2 is 1.93 bits per heavy atom. The minimum Gasteiger partial charge on any atom is -0.478 e. The Kier molecular flexibility index (Phi) is 2.99. The number of carboxylic acids is 1. The maximum Gasteiger partial charge on any atom is 0.416 e. The average Bonchev–Trinajstić information content (AvgIpc) is 2.15. The van der Waals surface area contributed by atoms with Crippen molar-refractivity contribution >= 4 is 5.97 Å². The van der Waals surface area contributed by atoms with Crippen LogP contribution in [0.5, 0.6) is 0 Å². The van der Waals surface area contributed by atoms with Crippen molar-refractivity contribution in [3.8, 4) is 0 Å². The molecule has 0 bridgehead atoms. The second-order valence-corrected chi connectivity index (χ2v) is 2.83. The maximum absolute atomic E-state index is 12.2. The van der Waals surface area contributed by atoms with Crippen LogP contribution in [-0.2, 0) is 12.8 Å². The molecule has 1 aromatic rings. The number of hydrogen-bond donors (Lipinski definition) is 2. The van der Waals surface area contributed by atoms with Gasteiger partial charge in [-0.2, -0.15) is 13.2 Å². The lowest BCUT2D eigenvalue weighted by atomic mass is 10.0. The monoisotopic (exact) mass is 220 g/mol. The lowest BCUT2D eigenvalue weighted by Crippen LogP contribution is -2.09. The normalized spacial score (nSPS) is 11.5. The summed E-state index contributed by atoms with van der Waals surface area (Å²) >= 11 is 0. The topological polar surface area (TPSA) is 57.5 Å². The van der Waals surface area contributed by atoms with Gasteiger partial charge in [0.25, 0.3) is 0 Å². The van der Waals surface area contributed by atoms with Crippen molar-refractivity contribution in [3.05, 3.63) is 34.9 Å². The highest BCUT2D eigenvalue weighted by molar-refractivity contribution is 5.89. The fourth-order valence-electron chi connectivity index (χ4n) is 1.11. The van der Waals surface area contributed by atoms with Crippen molar-refractivity contribution in [2.24, 2.45) is 0 Å². The van der Waals surface area contributed by atoms with Crippen molar-refractivity contribution in [2.75, 3.05) is 0 Å². The molecule has 0 radical (unpaired) electrons. The van der Waals surface area contributed by atoms with E-state index in [4.69, 9.17) is 10.2 Å². The Balaban J connectivity index is 3.25. The number of rotatable bonds is 2. The van der Waals surface area contributed by atoms with E-state index in [-0.39, 0.29) is 11.1 Å². The van der Waals surface area contributed by atoms with Crippen LogP contribution in [0.4, 0.5) is 13.2 Å². The molecule has 0 saturated heterocycles. The van der Waals surface area contributed by atoms with Crippen LogP contribution in [0.25, 0.3) is 0 Å². The molecule has 0 unspecified atom stereocenters. The quantitative estimate of drug-likeness (QED) is 0.800. The number of carbonyl (C=O) groups is 1. The van der Waals surface area contributed by atoms with E-state index >= 15 is 0 Å². The summed E-state index contributed by atoms with van der Waals surface area (Å²) in [6.45, 7) is -0.744. The zero-order chi connectivity index (χ0) is 11.6. The summed E-state index contributed by atoms with van der Waals surface area (Å²) in [4.78, 5) is 10.5. The van der Waals surface area contributed by atoms with Crippen LogP contribution in [0.15, 0.2) is 18.2 Å². The number of carboxylic acid groups (broad SMARTS) is 1. The minimum absolute atomic E-state index is 0.252. The van der Waals surface area contributed by atoms with Crippen molar-refractivity contribution < 1.29 is 28.2 Å². The Morgan fingerprint density at radius 1 is 1.33 bits per heavy atom. The molecule has 1 aromatic carbocycles. The first-order valence-electron chi connectivity index (χ1n) is 3.90. The fraction of sp³-hybridized carbons (Fsp3) is 0.222. The highest BCUT2D eigenvalue weighted by Gasteiger charge is 2.31. The average molecular weight is 220 g/mol. The largest absolute Gasteiger partial charge is 0.478 e. The molecule has 6 heteroatoms. The molecule has 0 saturated carbocycles. The number of halogens is 3. The van der Waals surface area contributed by atoms with Gasteiger partial charge in [-0.1, -0.05) is 0 Å². The lowest BCUT2D eigenvalue weighted by Gasteiger charge is -2.09. The zero-order valence-corrected chi connectivity index (χ0v) is 7.38. The van der Waals surface area contributed by atoms with Crippen LogP contribution >= 0.6 is 0 Å². The Hall–Kier alpha value is -1.56.